The zero-order chi connectivity index (χ0) is 12.3. The van der Waals surface area contributed by atoms with Crippen LogP contribution in [0.5, 0.6) is 0 Å². The summed E-state index contributed by atoms with van der Waals surface area (Å²) in [5.74, 6) is 2.80. The van der Waals surface area contributed by atoms with Gasteiger partial charge in [0.25, 0.3) is 0 Å². The first-order valence-corrected chi connectivity index (χ1v) is 7.96. The van der Waals surface area contributed by atoms with Crippen LogP contribution in [0.25, 0.3) is 0 Å². The SMILES string of the molecule is CCC1CCCC(NC2CCCC(C)C2C)C1. The largest absolute Gasteiger partial charge is 0.311 e. The highest BCUT2D eigenvalue weighted by Crippen LogP contribution is 2.32. The molecule has 0 saturated heterocycles. The lowest BCUT2D eigenvalue weighted by molar-refractivity contribution is 0.169. The molecular formula is C16H31N. The predicted octanol–water partition coefficient (Wildman–Crippen LogP) is 4.37. The maximum atomic E-state index is 4.00. The molecule has 2 aliphatic rings. The Morgan fingerprint density at radius 2 is 1.76 bits per heavy atom. The second kappa shape index (κ2) is 6.22. The normalized spacial score (nSPS) is 43.6. The van der Waals surface area contributed by atoms with E-state index in [-0.39, 0.29) is 0 Å². The number of rotatable bonds is 3. The van der Waals surface area contributed by atoms with Crippen LogP contribution in [-0.4, -0.2) is 12.1 Å². The van der Waals surface area contributed by atoms with E-state index >= 15 is 0 Å². The third-order valence-corrected chi connectivity index (χ3v) is 5.52. The predicted molar refractivity (Wildman–Crippen MR) is 75.1 cm³/mol. The number of hydrogen-bond donors (Lipinski definition) is 1. The minimum absolute atomic E-state index is 0.805. The van der Waals surface area contributed by atoms with E-state index in [4.69, 9.17) is 0 Å². The zero-order valence-electron chi connectivity index (χ0n) is 12.0. The average molecular weight is 237 g/mol. The van der Waals surface area contributed by atoms with Gasteiger partial charge < -0.3 is 5.32 Å². The van der Waals surface area contributed by atoms with Gasteiger partial charge in [-0.2, -0.15) is 0 Å². The van der Waals surface area contributed by atoms with Gasteiger partial charge in [0.15, 0.2) is 0 Å². The monoisotopic (exact) mass is 237 g/mol. The minimum Gasteiger partial charge on any atom is -0.311 e. The fraction of sp³-hybridized carbons (Fsp3) is 1.00. The zero-order valence-corrected chi connectivity index (χ0v) is 12.0. The molecule has 1 heteroatoms. The highest BCUT2D eigenvalue weighted by molar-refractivity contribution is 4.87. The summed E-state index contributed by atoms with van der Waals surface area (Å²) in [7, 11) is 0. The molecule has 2 rings (SSSR count). The van der Waals surface area contributed by atoms with Crippen molar-refractivity contribution in [2.24, 2.45) is 17.8 Å². The first-order chi connectivity index (χ1) is 8.20. The first-order valence-electron chi connectivity index (χ1n) is 7.96. The summed E-state index contributed by atoms with van der Waals surface area (Å²) >= 11 is 0. The van der Waals surface area contributed by atoms with Crippen molar-refractivity contribution in [2.45, 2.75) is 84.2 Å². The number of hydrogen-bond acceptors (Lipinski definition) is 1. The van der Waals surface area contributed by atoms with E-state index < -0.39 is 0 Å². The standard InChI is InChI=1S/C16H31N/c1-4-14-8-6-9-15(11-14)17-16-10-5-7-12(2)13(16)3/h12-17H,4-11H2,1-3H3. The van der Waals surface area contributed by atoms with Crippen molar-refractivity contribution in [1.82, 2.24) is 5.32 Å². The van der Waals surface area contributed by atoms with Crippen molar-refractivity contribution in [3.05, 3.63) is 0 Å². The molecule has 5 atom stereocenters. The smallest absolute Gasteiger partial charge is 0.00978 e. The highest BCUT2D eigenvalue weighted by Gasteiger charge is 2.30. The fourth-order valence-corrected chi connectivity index (χ4v) is 3.93. The molecular weight excluding hydrogens is 206 g/mol. The van der Waals surface area contributed by atoms with Crippen molar-refractivity contribution in [3.63, 3.8) is 0 Å². The van der Waals surface area contributed by atoms with Gasteiger partial charge in [0.1, 0.15) is 0 Å². The van der Waals surface area contributed by atoms with Crippen LogP contribution in [-0.2, 0) is 0 Å². The van der Waals surface area contributed by atoms with E-state index in [2.05, 4.69) is 26.1 Å². The molecule has 0 aromatic heterocycles. The molecule has 0 amide bonds. The molecule has 2 fully saturated rings. The Kier molecular flexibility index (Phi) is 4.90. The molecule has 0 radical (unpaired) electrons. The maximum absolute atomic E-state index is 4.00. The molecule has 0 aromatic rings. The van der Waals surface area contributed by atoms with Crippen molar-refractivity contribution >= 4 is 0 Å². The maximum Gasteiger partial charge on any atom is 0.00978 e. The van der Waals surface area contributed by atoms with Gasteiger partial charge >= 0.3 is 0 Å². The quantitative estimate of drug-likeness (QED) is 0.768. The van der Waals surface area contributed by atoms with Gasteiger partial charge in [-0.05, 0) is 37.0 Å². The second-order valence-corrected chi connectivity index (χ2v) is 6.68. The lowest BCUT2D eigenvalue weighted by Crippen LogP contribution is -2.47. The van der Waals surface area contributed by atoms with Crippen LogP contribution >= 0.6 is 0 Å². The molecule has 0 bridgehead atoms. The molecule has 0 aliphatic heterocycles. The van der Waals surface area contributed by atoms with Gasteiger partial charge in [-0.1, -0.05) is 52.9 Å². The van der Waals surface area contributed by atoms with Crippen LogP contribution in [0.15, 0.2) is 0 Å². The van der Waals surface area contributed by atoms with Gasteiger partial charge in [0.2, 0.25) is 0 Å². The first kappa shape index (κ1) is 13.4. The van der Waals surface area contributed by atoms with Crippen LogP contribution < -0.4 is 5.32 Å². The Balaban J connectivity index is 1.83. The summed E-state index contributed by atoms with van der Waals surface area (Å²) in [5.41, 5.74) is 0. The van der Waals surface area contributed by atoms with E-state index in [9.17, 15) is 0 Å². The van der Waals surface area contributed by atoms with E-state index in [1.54, 1.807) is 0 Å². The summed E-state index contributed by atoms with van der Waals surface area (Å²) < 4.78 is 0. The molecule has 0 spiro atoms. The lowest BCUT2D eigenvalue weighted by atomic mass is 9.76. The molecule has 100 valence electrons. The van der Waals surface area contributed by atoms with Gasteiger partial charge in [-0.3, -0.25) is 0 Å². The summed E-state index contributed by atoms with van der Waals surface area (Å²) in [4.78, 5) is 0. The second-order valence-electron chi connectivity index (χ2n) is 6.68. The average Bonchev–Trinajstić information content (AvgIpc) is 2.35. The minimum atomic E-state index is 0.805. The molecule has 17 heavy (non-hydrogen) atoms. The third-order valence-electron chi connectivity index (χ3n) is 5.52. The topological polar surface area (TPSA) is 12.0 Å². The molecule has 2 aliphatic carbocycles. The van der Waals surface area contributed by atoms with Crippen LogP contribution in [0.2, 0.25) is 0 Å². The van der Waals surface area contributed by atoms with Gasteiger partial charge in [-0.25, -0.2) is 0 Å². The lowest BCUT2D eigenvalue weighted by Gasteiger charge is -2.39. The molecule has 0 aromatic carbocycles. The van der Waals surface area contributed by atoms with Crippen molar-refractivity contribution < 1.29 is 0 Å². The van der Waals surface area contributed by atoms with Gasteiger partial charge in [-0.15, -0.1) is 0 Å². The van der Waals surface area contributed by atoms with E-state index in [0.29, 0.717) is 0 Å². The molecule has 1 N–H and O–H groups in total. The third kappa shape index (κ3) is 3.47. The van der Waals surface area contributed by atoms with E-state index in [0.717, 1.165) is 29.8 Å². The molecule has 1 nitrogen and oxygen atoms in total. The Hall–Kier alpha value is -0.0400. The van der Waals surface area contributed by atoms with Gasteiger partial charge in [0, 0.05) is 12.1 Å². The summed E-state index contributed by atoms with van der Waals surface area (Å²) in [6.07, 6.45) is 11.5. The Labute approximate surface area is 108 Å². The molecule has 5 unspecified atom stereocenters. The van der Waals surface area contributed by atoms with Crippen molar-refractivity contribution in [1.29, 1.82) is 0 Å². The van der Waals surface area contributed by atoms with Gasteiger partial charge in [0.05, 0.1) is 0 Å². The highest BCUT2D eigenvalue weighted by atomic mass is 15.0. The number of nitrogens with one attached hydrogen (secondary N) is 1. The van der Waals surface area contributed by atoms with Crippen molar-refractivity contribution in [3.8, 4) is 0 Å². The van der Waals surface area contributed by atoms with Crippen LogP contribution in [0.3, 0.4) is 0 Å². The Morgan fingerprint density at radius 3 is 2.53 bits per heavy atom. The van der Waals surface area contributed by atoms with Crippen LogP contribution in [0.4, 0.5) is 0 Å². The molecule has 2 saturated carbocycles. The summed E-state index contributed by atoms with van der Waals surface area (Å²) in [6.45, 7) is 7.26. The van der Waals surface area contributed by atoms with Crippen molar-refractivity contribution in [2.75, 3.05) is 0 Å². The van der Waals surface area contributed by atoms with E-state index in [1.807, 2.05) is 0 Å². The van der Waals surface area contributed by atoms with Crippen LogP contribution in [0.1, 0.15) is 72.1 Å². The Morgan fingerprint density at radius 1 is 1.00 bits per heavy atom. The Bertz CT molecular complexity index is 226. The van der Waals surface area contributed by atoms with Crippen LogP contribution in [0, 0.1) is 17.8 Å². The fourth-order valence-electron chi connectivity index (χ4n) is 3.93. The molecule has 0 heterocycles. The summed E-state index contributed by atoms with van der Waals surface area (Å²) in [6, 6.07) is 1.63. The van der Waals surface area contributed by atoms with E-state index in [1.165, 1.54) is 51.4 Å². The summed E-state index contributed by atoms with van der Waals surface area (Å²) in [5, 5.41) is 4.00.